The smallest absolute Gasteiger partial charge is 0.687 e. The van der Waals surface area contributed by atoms with Crippen molar-refractivity contribution in [3.63, 3.8) is 0 Å². The molecule has 0 heterocycles. The second kappa shape index (κ2) is 68.2. The molecule has 0 aliphatic heterocycles. The molecule has 3 aromatic carbocycles. The van der Waals surface area contributed by atoms with Crippen molar-refractivity contribution < 1.29 is 131 Å². The van der Waals surface area contributed by atoms with Crippen LogP contribution in [-0.4, -0.2) is 169 Å². The van der Waals surface area contributed by atoms with E-state index in [9.17, 15) is 0 Å². The average Bonchev–Trinajstić information content (AvgIpc) is 1.63. The first-order chi connectivity index (χ1) is 55.7. The maximum atomic E-state index is 5.42. The van der Waals surface area contributed by atoms with Gasteiger partial charge in [0.2, 0.25) is 0 Å². The van der Waals surface area contributed by atoms with E-state index >= 15 is 0 Å². The van der Waals surface area contributed by atoms with Crippen LogP contribution in [0.4, 0.5) is 17.1 Å². The van der Waals surface area contributed by atoms with Gasteiger partial charge in [-0.3, -0.25) is 0 Å². The predicted molar refractivity (Wildman–Crippen MR) is 635 cm³/mol. The van der Waals surface area contributed by atoms with Crippen LogP contribution in [0.1, 0.15) is 166 Å². The van der Waals surface area contributed by atoms with Crippen molar-refractivity contribution in [1.82, 2.24) is 0 Å². The molecule has 0 spiro atoms. The fourth-order valence-corrected chi connectivity index (χ4v) is 75.6. The molecule has 776 valence electrons. The van der Waals surface area contributed by atoms with Gasteiger partial charge in [0.05, 0.1) is 0 Å². The number of rotatable bonds is 23. The normalized spacial score (nSPS) is 28.2. The van der Waals surface area contributed by atoms with Gasteiger partial charge in [-0.2, -0.15) is 70.5 Å². The van der Waals surface area contributed by atoms with E-state index in [1.54, 1.807) is 42.3 Å². The van der Waals surface area contributed by atoms with Gasteiger partial charge in [0.1, 0.15) is 0 Å². The van der Waals surface area contributed by atoms with E-state index in [1.807, 2.05) is 21.1 Å². The molecule has 5 saturated carbocycles. The Bertz CT molecular complexity index is 3310. The fraction of sp³-hybridized carbons (Fsp3) is 0.766. The van der Waals surface area contributed by atoms with Gasteiger partial charge in [0, 0.05) is 0 Å². The number of hydrogen-bond donors (Lipinski definition) is 0. The van der Waals surface area contributed by atoms with Crippen LogP contribution in [-0.2, 0) is 131 Å². The zero-order valence-corrected chi connectivity index (χ0v) is 123. The molecular weight excluding hydrogens is 2200 g/mol. The Morgan fingerprint density at radius 2 is 0.281 bits per heavy atom. The van der Waals surface area contributed by atoms with Crippen molar-refractivity contribution in [2.45, 2.75) is 369 Å². The molecule has 135 heavy (non-hydrogen) atoms. The molecule has 5 fully saturated rings. The van der Waals surface area contributed by atoms with Gasteiger partial charge >= 0.3 is 131 Å². The zero-order chi connectivity index (χ0) is 96.5. The molecule has 5 aliphatic rings. The van der Waals surface area contributed by atoms with E-state index in [2.05, 4.69) is 411 Å². The third-order valence-electron chi connectivity index (χ3n) is 31.7. The van der Waals surface area contributed by atoms with Crippen molar-refractivity contribution in [3.8, 4) is 0 Å². The van der Waals surface area contributed by atoms with Crippen LogP contribution in [0.3, 0.4) is 0 Å². The first-order valence-electron chi connectivity index (χ1n) is 48.2. The van der Waals surface area contributed by atoms with E-state index in [-0.39, 0.29) is 200 Å². The van der Waals surface area contributed by atoms with Crippen molar-refractivity contribution in [2.75, 3.05) is 70.5 Å². The Balaban J connectivity index is -0.000000135. The zero-order valence-electron chi connectivity index (χ0n) is 100. The van der Waals surface area contributed by atoms with Crippen molar-refractivity contribution in [3.05, 3.63) is 209 Å². The molecule has 0 amide bonds. The summed E-state index contributed by atoms with van der Waals surface area (Å²) in [6, 6.07) is 31.8. The van der Waals surface area contributed by atoms with Crippen LogP contribution < -0.4 is 0 Å². The van der Waals surface area contributed by atoms with Crippen LogP contribution in [0.25, 0.3) is 65.8 Å². The molecule has 22 unspecified atom stereocenters. The van der Waals surface area contributed by atoms with Gasteiger partial charge < -0.3 is 118 Å². The van der Waals surface area contributed by atoms with Gasteiger partial charge in [0.15, 0.2) is 0 Å². The molecule has 13 nitrogen and oxygen atoms in total. The first-order valence-corrected chi connectivity index (χ1v) is 78.4. The second-order valence-corrected chi connectivity index (χ2v) is 91.0. The molecule has 0 radical (unpaired) electrons. The number of nitrogens with zero attached hydrogens (tertiary/aromatic N) is 13. The summed E-state index contributed by atoms with van der Waals surface area (Å²) >= 11 is 0. The van der Waals surface area contributed by atoms with Gasteiger partial charge in [0.25, 0.3) is 0 Å². The Kier molecular flexibility index (Phi) is 82.6. The molecule has 22 atom stereocenters. The van der Waals surface area contributed by atoms with Crippen LogP contribution in [0.5, 0.6) is 0 Å². The van der Waals surface area contributed by atoms with E-state index in [0.29, 0.717) is 22.9 Å². The summed E-state index contributed by atoms with van der Waals surface area (Å²) in [4.78, 5) is 51.8. The van der Waals surface area contributed by atoms with Crippen LogP contribution in [0, 0.1) is 141 Å². The minimum absolute atomic E-state index is 0. The molecule has 0 N–H and O–H groups in total. The van der Waals surface area contributed by atoms with Crippen molar-refractivity contribution >= 4 is 99.4 Å². The Hall–Kier alpha value is 3.24. The Morgan fingerprint density at radius 1 is 0.178 bits per heavy atom. The summed E-state index contributed by atoms with van der Waals surface area (Å²) in [6.45, 7) is 107. The second-order valence-electron chi connectivity index (χ2n) is 48.1. The Labute approximate surface area is 956 Å². The van der Waals surface area contributed by atoms with Gasteiger partial charge in [-0.15, -0.1) is 33.7 Å². The molecule has 0 aromatic heterocycles. The Morgan fingerprint density at radius 3 is 0.385 bits per heavy atom. The minimum atomic E-state index is -1.85. The van der Waals surface area contributed by atoms with Crippen molar-refractivity contribution in [2.24, 2.45) is 88.8 Å². The van der Waals surface area contributed by atoms with E-state index < -0.39 is 82.4 Å². The van der Waals surface area contributed by atoms with Gasteiger partial charge in [-0.1, -0.05) is 501 Å². The first kappa shape index (κ1) is 163. The maximum Gasteiger partial charge on any atom is 4.00 e. The summed E-state index contributed by atoms with van der Waals surface area (Å²) in [5.41, 5.74) is 11.3. The SMILES string of the molecule is CC1C(C)C([Si](C)(C)[N-]C(C)(C)C)C([Si](C)(C)[N-]C(C)(C)C)C1C.CC1C(C)C([Si](C)(C)[N-]c2ccccc2)C([Si](C)(C)[N-]c2ccccc2)C1C.C[N-]C.C[N-]C.C[N-]C.C[N-][Si](C)(C)C1C(C)C(C)C(C)C1[Si](C)(C)[N-]C.C[N-][Si](C)(C)C1C(C)C(C)C(C)C1[Si](C)(C)[N-]C(C)(C)C.C[N-][Si](C)(C)C1C(C)C(C)C(C)C1[Si](C)(C)[N-]c1ccccc1.[CH3-].[CH3-].[CH3-].[CH3-].[CH3-].[CH3-].[CH3-].[Zr+4].[Zr+4].[Zr+4].[Zr+4].[Zr+4]. The number of hydrogen-bond acceptors (Lipinski definition) is 0. The molecule has 0 bridgehead atoms. The standard InChI is InChI=1S/C24H36N2Si2.C20H44N2Si2.C19H34N2Si2.C17H38N2Si2.C14H32N2Si2.3C2H6N.7CH3.5Zr/c1-18-19(2)23(27(4,5)25-21-14-10-8-11-15-21)24(20(18)3)28(6,7)26-22-16-12-9-13-17-22;1-14-15(2)17(23(10,11)21-19(4,5)6)18(16(14)3)24(12,13)22-20(7,8)9;1-14-15(2)18(22(5,6)20-4)19(16(14)3)23(7,8)21-17-12-10-9-11-13-17;1-12-13(2)15(20(8,9)18-7)16(14(12)3)21(10,11)19-17(4,5)6;1-10-11(2)13(17(6,7)15-4)14(12(10)3)18(8,9)16-5;3*1-3-2;;;;;;;;;;;;/h8-20,23-24H,1-7H3;14-18H,1-13H3;9-16,18-19H,1-8H3;12-16H,1-11H3;10-14H,1-9H3;3*1-2H3;7*1H3;;;;;/q5*-2;10*-1;5*+4. The quantitative estimate of drug-likeness (QED) is 0.0647. The van der Waals surface area contributed by atoms with E-state index in [4.69, 9.17) is 49.8 Å². The summed E-state index contributed by atoms with van der Waals surface area (Å²) in [7, 11) is 2.12. The van der Waals surface area contributed by atoms with Crippen LogP contribution in [0.2, 0.25) is 186 Å². The molecule has 5 aliphatic carbocycles. The number of benzene rings is 3. The van der Waals surface area contributed by atoms with E-state index in [0.717, 1.165) is 138 Å². The fourth-order valence-electron chi connectivity index (χ4n) is 25.9. The minimum Gasteiger partial charge on any atom is -0.687 e. The monoisotopic (exact) mass is 2420 g/mol. The summed E-state index contributed by atoms with van der Waals surface area (Å²) in [6.07, 6.45) is 0. The maximum absolute atomic E-state index is 5.42. The van der Waals surface area contributed by atoms with Gasteiger partial charge in [-0.05, 0) is 113 Å². The average molecular weight is 2430 g/mol. The third kappa shape index (κ3) is 46.5. The molecule has 28 heteroatoms. The molecule has 0 saturated heterocycles. The summed E-state index contributed by atoms with van der Waals surface area (Å²) in [5, 5.41) is 10.5. The van der Waals surface area contributed by atoms with Crippen molar-refractivity contribution in [1.29, 1.82) is 0 Å². The predicted octanol–water partition coefficient (Wildman–Crippen LogP) is 38.9. The molecule has 8 rings (SSSR count). The third-order valence-corrected chi connectivity index (χ3v) is 69.4. The van der Waals surface area contributed by atoms with Crippen LogP contribution >= 0.6 is 0 Å². The van der Waals surface area contributed by atoms with Gasteiger partial charge in [-0.25, -0.2) is 0 Å². The molecular formula is C107H223N13Si10Zr5. The largest absolute Gasteiger partial charge is 4.00 e. The topological polar surface area (TPSA) is 183 Å². The van der Waals surface area contributed by atoms with Crippen LogP contribution in [0.15, 0.2) is 91.0 Å². The summed E-state index contributed by atoms with van der Waals surface area (Å²) in [5.74, 6) is 11.5. The summed E-state index contributed by atoms with van der Waals surface area (Å²) < 4.78 is 0. The molecule has 3 aromatic rings. The van der Waals surface area contributed by atoms with E-state index in [1.165, 1.54) is 0 Å².